The van der Waals surface area contributed by atoms with Crippen molar-refractivity contribution in [1.29, 1.82) is 0 Å². The first-order valence-electron chi connectivity index (χ1n) is 28.1. The normalized spacial score (nSPS) is 17.3. The van der Waals surface area contributed by atoms with E-state index in [-0.39, 0.29) is 18.2 Å². The Labute approximate surface area is 486 Å². The molecule has 12 rings (SSSR count). The standard InChI is InChI=1S/C33H35ClN4O4.C31H31ClN4O4/c1-3-40-33(39)27-11-12-29-32(22(27)2)38(19-26-15-18-41-26)30(35-29)20-37-16-13-24(14-17-37)28-5-4-6-31(36-28)42-21-23-7-9-25(34)10-8-23;1-20-25(31(37)38)9-10-27-30(20)36(17-24-13-16-39-24)28(33-27)18-35-14-11-22(12-15-35)26-3-2-4-29(34-26)40-19-21-5-7-23(32)8-6-21/h4-13,26H,3,14-21H2,1-2H3;2-11,24H,12-19H2,1H3,(H,37,38)/t26-;24-/m00/s1. The van der Waals surface area contributed by atoms with E-state index in [9.17, 15) is 14.7 Å². The summed E-state index contributed by atoms with van der Waals surface area (Å²) >= 11 is 12.0. The number of esters is 1. The Morgan fingerprint density at radius 2 is 1.06 bits per heavy atom. The van der Waals surface area contributed by atoms with Crippen molar-refractivity contribution < 1.29 is 38.4 Å². The largest absolute Gasteiger partial charge is 0.478 e. The number of pyridine rings is 2. The summed E-state index contributed by atoms with van der Waals surface area (Å²) in [5, 5.41) is 11.1. The van der Waals surface area contributed by atoms with Crippen LogP contribution in [-0.2, 0) is 53.6 Å². The number of benzene rings is 4. The Kier molecular flexibility index (Phi) is 17.7. The van der Waals surface area contributed by atoms with Crippen LogP contribution in [0.3, 0.4) is 0 Å². The van der Waals surface area contributed by atoms with E-state index in [1.807, 2.05) is 124 Å². The van der Waals surface area contributed by atoms with Crippen LogP contribution in [0.5, 0.6) is 11.8 Å². The highest BCUT2D eigenvalue weighted by Crippen LogP contribution is 2.32. The van der Waals surface area contributed by atoms with Gasteiger partial charge in [0, 0.05) is 61.6 Å². The summed E-state index contributed by atoms with van der Waals surface area (Å²) in [5.41, 5.74) is 12.5. The van der Waals surface area contributed by atoms with Crippen molar-refractivity contribution in [3.63, 3.8) is 0 Å². The molecule has 18 heteroatoms. The van der Waals surface area contributed by atoms with E-state index in [2.05, 4.69) is 31.1 Å². The predicted octanol–water partition coefficient (Wildman–Crippen LogP) is 12.0. The highest BCUT2D eigenvalue weighted by molar-refractivity contribution is 6.30. The Morgan fingerprint density at radius 3 is 1.46 bits per heavy atom. The molecule has 0 amide bonds. The first kappa shape index (κ1) is 56.4. The van der Waals surface area contributed by atoms with Crippen molar-refractivity contribution in [2.75, 3.05) is 46.0 Å². The number of fused-ring (bicyclic) bond motifs is 2. The van der Waals surface area contributed by atoms with Crippen molar-refractivity contribution in [3.05, 3.63) is 188 Å². The Balaban J connectivity index is 0.000000172. The van der Waals surface area contributed by atoms with Crippen LogP contribution < -0.4 is 9.47 Å². The molecule has 0 radical (unpaired) electrons. The lowest BCUT2D eigenvalue weighted by atomic mass is 10.0. The molecule has 4 aromatic heterocycles. The molecule has 0 spiro atoms. The minimum absolute atomic E-state index is 0.136. The molecular weight excluding hydrogens is 1080 g/mol. The maximum atomic E-state index is 12.6. The molecule has 2 atom stereocenters. The van der Waals surface area contributed by atoms with Crippen molar-refractivity contribution in [2.24, 2.45) is 0 Å². The van der Waals surface area contributed by atoms with Crippen LogP contribution in [0.4, 0.5) is 0 Å². The first-order chi connectivity index (χ1) is 39.9. The number of carboxylic acids is 1. The smallest absolute Gasteiger partial charge is 0.338 e. The first-order valence-corrected chi connectivity index (χ1v) is 28.8. The highest BCUT2D eigenvalue weighted by atomic mass is 35.5. The van der Waals surface area contributed by atoms with Gasteiger partial charge in [0.1, 0.15) is 24.9 Å². The lowest BCUT2D eigenvalue weighted by Crippen LogP contribution is -2.34. The van der Waals surface area contributed by atoms with Crippen LogP contribution in [-0.4, -0.2) is 114 Å². The maximum absolute atomic E-state index is 12.6. The van der Waals surface area contributed by atoms with Crippen LogP contribution in [0.1, 0.15) is 98.6 Å². The summed E-state index contributed by atoms with van der Waals surface area (Å²) < 4.78 is 33.1. The van der Waals surface area contributed by atoms with E-state index in [1.165, 1.54) is 11.1 Å². The minimum atomic E-state index is -0.921. The molecule has 8 heterocycles. The molecule has 0 bridgehead atoms. The minimum Gasteiger partial charge on any atom is -0.478 e. The van der Waals surface area contributed by atoms with Gasteiger partial charge in [-0.2, -0.15) is 0 Å². The summed E-state index contributed by atoms with van der Waals surface area (Å²) in [6, 6.07) is 34.3. The zero-order chi connectivity index (χ0) is 56.7. The summed E-state index contributed by atoms with van der Waals surface area (Å²) in [7, 11) is 0. The van der Waals surface area contributed by atoms with Gasteiger partial charge in [-0.1, -0.05) is 71.8 Å². The van der Waals surface area contributed by atoms with Gasteiger partial charge >= 0.3 is 11.9 Å². The van der Waals surface area contributed by atoms with Gasteiger partial charge in [-0.15, -0.1) is 0 Å². The van der Waals surface area contributed by atoms with Crippen LogP contribution in [0.2, 0.25) is 10.0 Å². The second-order valence-corrected chi connectivity index (χ2v) is 21.9. The molecular formula is C64H66Cl2N8O8. The van der Waals surface area contributed by atoms with E-state index < -0.39 is 5.97 Å². The summed E-state index contributed by atoms with van der Waals surface area (Å²) in [4.78, 5) is 48.6. The fourth-order valence-electron chi connectivity index (χ4n) is 10.9. The number of carbonyl (C=O) groups excluding carboxylic acids is 1. The molecule has 0 saturated carbocycles. The molecule has 4 aliphatic heterocycles. The monoisotopic (exact) mass is 1140 g/mol. The molecule has 424 valence electrons. The van der Waals surface area contributed by atoms with Gasteiger partial charge in [0.2, 0.25) is 11.8 Å². The molecule has 2 saturated heterocycles. The van der Waals surface area contributed by atoms with Gasteiger partial charge in [-0.25, -0.2) is 29.5 Å². The van der Waals surface area contributed by atoms with Gasteiger partial charge in [0.25, 0.3) is 0 Å². The van der Waals surface area contributed by atoms with Crippen molar-refractivity contribution in [2.45, 2.75) is 98.1 Å². The number of ether oxygens (including phenoxy) is 5. The zero-order valence-electron chi connectivity index (χ0n) is 46.4. The molecule has 4 aliphatic rings. The van der Waals surface area contributed by atoms with Crippen LogP contribution in [0.25, 0.3) is 33.2 Å². The van der Waals surface area contributed by atoms with Crippen molar-refractivity contribution >= 4 is 68.4 Å². The van der Waals surface area contributed by atoms with Crippen LogP contribution in [0.15, 0.2) is 121 Å². The predicted molar refractivity (Wildman–Crippen MR) is 316 cm³/mol. The fourth-order valence-corrected chi connectivity index (χ4v) is 11.1. The van der Waals surface area contributed by atoms with E-state index >= 15 is 0 Å². The number of carboxylic acid groups (broad SMARTS) is 1. The second-order valence-electron chi connectivity index (χ2n) is 21.1. The van der Waals surface area contributed by atoms with Crippen molar-refractivity contribution in [3.8, 4) is 11.8 Å². The second kappa shape index (κ2) is 25.8. The number of carbonyl (C=O) groups is 2. The lowest BCUT2D eigenvalue weighted by Gasteiger charge is -2.29. The quantitative estimate of drug-likeness (QED) is 0.0759. The number of rotatable bonds is 19. The summed E-state index contributed by atoms with van der Waals surface area (Å²) in [6.07, 6.45) is 8.55. The van der Waals surface area contributed by atoms with E-state index in [1.54, 1.807) is 6.07 Å². The molecule has 2 fully saturated rings. The highest BCUT2D eigenvalue weighted by Gasteiger charge is 2.28. The number of hydrogen-bond acceptors (Lipinski definition) is 13. The van der Waals surface area contributed by atoms with E-state index in [0.29, 0.717) is 72.4 Å². The lowest BCUT2D eigenvalue weighted by molar-refractivity contribution is -0.0593. The third-order valence-corrected chi connectivity index (χ3v) is 16.1. The number of aromatic nitrogens is 6. The topological polar surface area (TPSA) is 168 Å². The van der Waals surface area contributed by atoms with Crippen LogP contribution >= 0.6 is 23.2 Å². The average molecular weight is 1150 g/mol. The molecule has 16 nitrogen and oxygen atoms in total. The SMILES string of the molecule is CCOC(=O)c1ccc2nc(CN3CC=C(c4cccc(OCc5ccc(Cl)cc5)n4)CC3)n(C[C@@H]3CCO3)c2c1C.Cc1c(C(=O)O)ccc2nc(CN3CC=C(c4cccc(OCc5ccc(Cl)cc5)n4)CC3)n(C[C@@H]3CCO3)c12. The number of aromatic carboxylic acids is 1. The Morgan fingerprint density at radius 1 is 0.610 bits per heavy atom. The Bertz CT molecular complexity index is 3670. The fraction of sp³-hybridized carbons (Fsp3) is 0.344. The maximum Gasteiger partial charge on any atom is 0.338 e. The summed E-state index contributed by atoms with van der Waals surface area (Å²) in [5.74, 6) is 1.90. The van der Waals surface area contributed by atoms with Gasteiger partial charge in [0.15, 0.2) is 0 Å². The number of halogens is 2. The van der Waals surface area contributed by atoms with Gasteiger partial charge < -0.3 is 37.9 Å². The van der Waals surface area contributed by atoms with Gasteiger partial charge in [-0.3, -0.25) is 9.80 Å². The Hall–Kier alpha value is -7.44. The molecule has 0 aliphatic carbocycles. The average Bonchev–Trinajstić information content (AvgIpc) is 4.14. The van der Waals surface area contributed by atoms with E-state index in [0.717, 1.165) is 139 Å². The molecule has 0 unspecified atom stereocenters. The molecule has 1 N–H and O–H groups in total. The van der Waals surface area contributed by atoms with Gasteiger partial charge in [0.05, 0.1) is 89.6 Å². The number of imidazole rings is 2. The summed E-state index contributed by atoms with van der Waals surface area (Å²) in [6.45, 7) is 14.5. The number of aryl methyl sites for hydroxylation is 2. The van der Waals surface area contributed by atoms with E-state index in [4.69, 9.17) is 66.8 Å². The van der Waals surface area contributed by atoms with Gasteiger partial charge in [-0.05, 0) is 141 Å². The van der Waals surface area contributed by atoms with Crippen LogP contribution in [0, 0.1) is 13.8 Å². The molecule has 4 aromatic carbocycles. The third-order valence-electron chi connectivity index (χ3n) is 15.6. The zero-order valence-corrected chi connectivity index (χ0v) is 47.9. The molecule has 82 heavy (non-hydrogen) atoms. The number of hydrogen-bond donors (Lipinski definition) is 1. The van der Waals surface area contributed by atoms with Crippen molar-refractivity contribution in [1.82, 2.24) is 38.9 Å². The molecule has 8 aromatic rings. The number of nitrogens with zero attached hydrogens (tertiary/aromatic N) is 8. The third kappa shape index (κ3) is 13.2.